The third kappa shape index (κ3) is 3.34. The Hall–Kier alpha value is -1.63. The van der Waals surface area contributed by atoms with Crippen molar-refractivity contribution in [2.75, 3.05) is 12.0 Å². The molecule has 0 saturated heterocycles. The zero-order chi connectivity index (χ0) is 15.4. The van der Waals surface area contributed by atoms with Crippen LogP contribution in [0.25, 0.3) is 11.4 Å². The first kappa shape index (κ1) is 15.8. The Morgan fingerprint density at radius 2 is 1.86 bits per heavy atom. The number of halogens is 2. The summed E-state index contributed by atoms with van der Waals surface area (Å²) < 4.78 is 1.42. The average molecular weight is 328 g/mol. The van der Waals surface area contributed by atoms with Gasteiger partial charge in [-0.25, -0.2) is 10.2 Å². The third-order valence-corrected chi connectivity index (χ3v) is 3.41. The molecular formula is C13H15Cl2N5O. The molecule has 0 atom stereocenters. The molecule has 0 spiro atoms. The molecule has 0 radical (unpaired) electrons. The minimum atomic E-state index is -0.418. The lowest BCUT2D eigenvalue weighted by Crippen LogP contribution is -2.30. The molecule has 2 N–H and O–H groups in total. The second-order valence-electron chi connectivity index (χ2n) is 4.15. The van der Waals surface area contributed by atoms with Crippen molar-refractivity contribution in [3.8, 4) is 11.4 Å². The van der Waals surface area contributed by atoms with Gasteiger partial charge in [-0.2, -0.15) is 9.97 Å². The Bertz CT molecular complexity index is 681. The van der Waals surface area contributed by atoms with Crippen LogP contribution >= 0.6 is 23.2 Å². The van der Waals surface area contributed by atoms with Crippen LogP contribution in [0.15, 0.2) is 23.0 Å². The van der Waals surface area contributed by atoms with Crippen LogP contribution in [0.3, 0.4) is 0 Å². The lowest BCUT2D eigenvalue weighted by atomic mass is 10.2. The van der Waals surface area contributed by atoms with Crippen LogP contribution in [-0.2, 0) is 6.54 Å². The minimum Gasteiger partial charge on any atom is -0.289 e. The minimum absolute atomic E-state index is 0.178. The Balaban J connectivity index is 2.65. The molecular weight excluding hydrogens is 313 g/mol. The van der Waals surface area contributed by atoms with Crippen molar-refractivity contribution in [1.82, 2.24) is 20.0 Å². The van der Waals surface area contributed by atoms with Crippen molar-refractivity contribution in [2.24, 2.45) is 0 Å². The van der Waals surface area contributed by atoms with E-state index in [1.807, 2.05) is 13.8 Å². The number of rotatable bonds is 5. The summed E-state index contributed by atoms with van der Waals surface area (Å²) in [6, 6.07) is 5.14. The smallest absolute Gasteiger partial charge is 0.289 e. The predicted molar refractivity (Wildman–Crippen MR) is 84.7 cm³/mol. The summed E-state index contributed by atoms with van der Waals surface area (Å²) in [6.07, 6.45) is 0. The van der Waals surface area contributed by atoms with E-state index in [-0.39, 0.29) is 5.95 Å². The molecule has 1 aromatic heterocycles. The topological polar surface area (TPSA) is 71.8 Å². The highest BCUT2D eigenvalue weighted by Crippen LogP contribution is 2.33. The van der Waals surface area contributed by atoms with E-state index >= 15 is 0 Å². The molecule has 1 aromatic carbocycles. The molecule has 0 aliphatic rings. The number of aromatic nitrogens is 3. The van der Waals surface area contributed by atoms with Gasteiger partial charge in [-0.15, -0.1) is 0 Å². The van der Waals surface area contributed by atoms with Crippen molar-refractivity contribution in [3.05, 3.63) is 38.7 Å². The molecule has 112 valence electrons. The molecule has 0 aliphatic carbocycles. The summed E-state index contributed by atoms with van der Waals surface area (Å²) in [7, 11) is 0. The van der Waals surface area contributed by atoms with Crippen LogP contribution < -0.4 is 16.5 Å². The zero-order valence-electron chi connectivity index (χ0n) is 11.7. The van der Waals surface area contributed by atoms with Crippen LogP contribution in [0.2, 0.25) is 10.0 Å². The van der Waals surface area contributed by atoms with Crippen molar-refractivity contribution in [2.45, 2.75) is 20.4 Å². The largest absolute Gasteiger partial charge is 0.352 e. The highest BCUT2D eigenvalue weighted by molar-refractivity contribution is 6.39. The first-order chi connectivity index (χ1) is 10.1. The number of nitrogens with one attached hydrogen (secondary N) is 2. The van der Waals surface area contributed by atoms with Gasteiger partial charge in [0.15, 0.2) is 5.82 Å². The number of nitrogens with zero attached hydrogens (tertiary/aromatic N) is 3. The average Bonchev–Trinajstić information content (AvgIpc) is 2.44. The fraction of sp³-hybridized carbons (Fsp3) is 0.308. The first-order valence-electron chi connectivity index (χ1n) is 6.50. The van der Waals surface area contributed by atoms with Crippen molar-refractivity contribution < 1.29 is 0 Å². The van der Waals surface area contributed by atoms with Gasteiger partial charge in [-0.3, -0.25) is 9.99 Å². The van der Waals surface area contributed by atoms with Gasteiger partial charge in [-0.05, 0) is 19.1 Å². The van der Waals surface area contributed by atoms with Crippen LogP contribution in [0.1, 0.15) is 13.8 Å². The Morgan fingerprint density at radius 3 is 2.43 bits per heavy atom. The molecule has 6 nitrogen and oxygen atoms in total. The van der Waals surface area contributed by atoms with Gasteiger partial charge in [0.25, 0.3) is 0 Å². The fourth-order valence-corrected chi connectivity index (χ4v) is 2.40. The summed E-state index contributed by atoms with van der Waals surface area (Å²) in [5.41, 5.74) is 5.71. The maximum absolute atomic E-state index is 12.1. The van der Waals surface area contributed by atoms with Gasteiger partial charge in [0.05, 0.1) is 15.6 Å². The number of hydrogen-bond acceptors (Lipinski definition) is 5. The molecule has 0 saturated carbocycles. The van der Waals surface area contributed by atoms with E-state index in [0.29, 0.717) is 34.5 Å². The molecule has 21 heavy (non-hydrogen) atoms. The maximum atomic E-state index is 12.1. The van der Waals surface area contributed by atoms with E-state index in [0.717, 1.165) is 0 Å². The first-order valence-corrected chi connectivity index (χ1v) is 7.26. The molecule has 1 heterocycles. The SMILES string of the molecule is CCNNc1nc(-c2c(Cl)cccc2Cl)n(CC)c(=O)n1. The van der Waals surface area contributed by atoms with Gasteiger partial charge in [0.2, 0.25) is 5.95 Å². The summed E-state index contributed by atoms with van der Waals surface area (Å²) in [5.74, 6) is 0.561. The maximum Gasteiger partial charge on any atom is 0.352 e. The van der Waals surface area contributed by atoms with Crippen LogP contribution in [0.5, 0.6) is 0 Å². The Kier molecular flexibility index (Phi) is 5.17. The quantitative estimate of drug-likeness (QED) is 0.826. The summed E-state index contributed by atoms with van der Waals surface area (Å²) in [6.45, 7) is 4.81. The van der Waals surface area contributed by atoms with E-state index in [1.54, 1.807) is 18.2 Å². The highest BCUT2D eigenvalue weighted by atomic mass is 35.5. The predicted octanol–water partition coefficient (Wildman–Crippen LogP) is 2.57. The Labute approximate surface area is 132 Å². The van der Waals surface area contributed by atoms with Gasteiger partial charge in [-0.1, -0.05) is 36.2 Å². The van der Waals surface area contributed by atoms with E-state index in [4.69, 9.17) is 23.2 Å². The molecule has 0 aliphatic heterocycles. The number of hydrogen-bond donors (Lipinski definition) is 2. The lowest BCUT2D eigenvalue weighted by molar-refractivity contribution is 0.681. The highest BCUT2D eigenvalue weighted by Gasteiger charge is 2.16. The van der Waals surface area contributed by atoms with Crippen LogP contribution in [0, 0.1) is 0 Å². The Morgan fingerprint density at radius 1 is 1.19 bits per heavy atom. The van der Waals surface area contributed by atoms with E-state index in [9.17, 15) is 4.79 Å². The van der Waals surface area contributed by atoms with E-state index in [2.05, 4.69) is 20.8 Å². The van der Waals surface area contributed by atoms with Gasteiger partial charge >= 0.3 is 5.69 Å². The summed E-state index contributed by atoms with van der Waals surface area (Å²) in [4.78, 5) is 20.3. The second-order valence-corrected chi connectivity index (χ2v) is 4.96. The molecule has 0 fully saturated rings. The van der Waals surface area contributed by atoms with Gasteiger partial charge < -0.3 is 0 Å². The number of anilines is 1. The standard InChI is InChI=1S/C13H15Cl2N5O/c1-3-16-19-12-17-11(20(4-2)13(21)18-12)10-8(14)6-5-7-9(10)15/h5-7,16H,3-4H2,1-2H3,(H,18,19,21). The molecule has 8 heteroatoms. The van der Waals surface area contributed by atoms with Gasteiger partial charge in [0.1, 0.15) is 0 Å². The van der Waals surface area contributed by atoms with Crippen LogP contribution in [-0.4, -0.2) is 21.1 Å². The van der Waals surface area contributed by atoms with Gasteiger partial charge in [0, 0.05) is 13.1 Å². The second kappa shape index (κ2) is 6.89. The summed E-state index contributed by atoms with van der Waals surface area (Å²) >= 11 is 12.4. The third-order valence-electron chi connectivity index (χ3n) is 2.78. The molecule has 0 bridgehead atoms. The van der Waals surface area contributed by atoms with Crippen LogP contribution in [0.4, 0.5) is 5.95 Å². The van der Waals surface area contributed by atoms with E-state index < -0.39 is 5.69 Å². The summed E-state index contributed by atoms with van der Waals surface area (Å²) in [5, 5.41) is 0.856. The zero-order valence-corrected chi connectivity index (χ0v) is 13.2. The monoisotopic (exact) mass is 327 g/mol. The normalized spacial score (nSPS) is 10.7. The lowest BCUT2D eigenvalue weighted by Gasteiger charge is -2.14. The number of benzene rings is 1. The fourth-order valence-electron chi connectivity index (χ4n) is 1.84. The van der Waals surface area contributed by atoms with Crippen molar-refractivity contribution in [3.63, 3.8) is 0 Å². The van der Waals surface area contributed by atoms with Crippen molar-refractivity contribution in [1.29, 1.82) is 0 Å². The molecule has 2 rings (SSSR count). The molecule has 2 aromatic rings. The molecule has 0 amide bonds. The molecule has 0 unspecified atom stereocenters. The van der Waals surface area contributed by atoms with Crippen molar-refractivity contribution >= 4 is 29.2 Å². The van der Waals surface area contributed by atoms with E-state index in [1.165, 1.54) is 4.57 Å². The number of hydrazine groups is 1.